The van der Waals surface area contributed by atoms with Gasteiger partial charge >= 0.3 is 13.4 Å². The summed E-state index contributed by atoms with van der Waals surface area (Å²) in [4.78, 5) is 28.4. The number of benzene rings is 1. The van der Waals surface area contributed by atoms with Gasteiger partial charge in [-0.3, -0.25) is 9.79 Å². The van der Waals surface area contributed by atoms with Gasteiger partial charge in [-0.2, -0.15) is 0 Å². The first kappa shape index (κ1) is 31.2. The van der Waals surface area contributed by atoms with Gasteiger partial charge in [0.05, 0.1) is 0 Å². The minimum atomic E-state index is -4.61. The number of nitrogens with one attached hydrogen (secondary N) is 1. The van der Waals surface area contributed by atoms with E-state index in [0.29, 0.717) is 5.39 Å². The maximum absolute atomic E-state index is 11.1. The Labute approximate surface area is 193 Å². The largest absolute Gasteiger partial charge is 0.524 e. The summed E-state index contributed by atoms with van der Waals surface area (Å²) in [7, 11) is -4.61. The fraction of sp³-hybridized carbons (Fsp3) is 0.591. The number of aryl methyl sites for hydroxylation is 1. The highest BCUT2D eigenvalue weighted by molar-refractivity contribution is 7.46. The lowest BCUT2D eigenvalue weighted by Gasteiger charge is -2.30. The minimum Gasteiger partial charge on any atom is -0.423 e. The van der Waals surface area contributed by atoms with Gasteiger partial charge in [0.15, 0.2) is 0 Å². The van der Waals surface area contributed by atoms with Gasteiger partial charge in [0.25, 0.3) is 0 Å². The molecule has 2 fully saturated rings. The number of hydrogen-bond acceptors (Lipinski definition) is 5. The van der Waals surface area contributed by atoms with Crippen LogP contribution in [-0.4, -0.2) is 38.3 Å². The summed E-state index contributed by atoms with van der Waals surface area (Å²) in [6.45, 7) is 1.74. The smallest absolute Gasteiger partial charge is 0.423 e. The van der Waals surface area contributed by atoms with Gasteiger partial charge in [-0.25, -0.2) is 9.36 Å². The summed E-state index contributed by atoms with van der Waals surface area (Å²) < 4.78 is 20.0. The van der Waals surface area contributed by atoms with Crippen molar-refractivity contribution in [3.8, 4) is 5.75 Å². The van der Waals surface area contributed by atoms with Crippen molar-refractivity contribution < 1.29 is 39.7 Å². The SMILES string of the molecule is C1CCC(NC2CCCCC2)CC1.Cc1cc(=O)oc2cc(OP(=O)(O)O)ccc12.O.O.O. The molecule has 2 saturated carbocycles. The Kier molecular flexibility index (Phi) is 13.7. The van der Waals surface area contributed by atoms with E-state index < -0.39 is 13.4 Å². The maximum atomic E-state index is 11.1. The molecule has 0 atom stereocenters. The van der Waals surface area contributed by atoms with Crippen LogP contribution >= 0.6 is 7.82 Å². The third-order valence-electron chi connectivity index (χ3n) is 5.83. The summed E-state index contributed by atoms with van der Waals surface area (Å²) in [5.74, 6) is -0.0559. The van der Waals surface area contributed by atoms with Crippen molar-refractivity contribution in [2.75, 3.05) is 0 Å². The maximum Gasteiger partial charge on any atom is 0.524 e. The van der Waals surface area contributed by atoms with Crippen LogP contribution in [0.3, 0.4) is 0 Å². The molecule has 190 valence electrons. The van der Waals surface area contributed by atoms with Crippen molar-refractivity contribution in [1.29, 1.82) is 0 Å². The molecule has 0 unspecified atom stereocenters. The highest BCUT2D eigenvalue weighted by Crippen LogP contribution is 2.38. The van der Waals surface area contributed by atoms with E-state index >= 15 is 0 Å². The van der Waals surface area contributed by atoms with E-state index in [9.17, 15) is 9.36 Å². The molecule has 0 saturated heterocycles. The molecule has 9 N–H and O–H groups in total. The van der Waals surface area contributed by atoms with Crippen molar-refractivity contribution in [3.63, 3.8) is 0 Å². The van der Waals surface area contributed by atoms with Gasteiger partial charge in [-0.05, 0) is 50.3 Å². The second kappa shape index (κ2) is 14.5. The lowest BCUT2D eigenvalue weighted by Crippen LogP contribution is -2.40. The molecule has 0 radical (unpaired) electrons. The predicted molar refractivity (Wildman–Crippen MR) is 128 cm³/mol. The molecule has 0 aliphatic heterocycles. The van der Waals surface area contributed by atoms with Crippen molar-refractivity contribution in [2.24, 2.45) is 0 Å². The molecular weight excluding hydrogens is 453 g/mol. The van der Waals surface area contributed by atoms with Gasteiger partial charge in [-0.1, -0.05) is 38.5 Å². The summed E-state index contributed by atoms with van der Waals surface area (Å²) in [6.07, 6.45) is 14.6. The zero-order chi connectivity index (χ0) is 21.6. The Bertz CT molecular complexity index is 915. The van der Waals surface area contributed by atoms with Crippen molar-refractivity contribution in [3.05, 3.63) is 40.2 Å². The van der Waals surface area contributed by atoms with Crippen LogP contribution in [-0.2, 0) is 4.57 Å². The Morgan fingerprint density at radius 1 is 0.909 bits per heavy atom. The van der Waals surface area contributed by atoms with Crippen LogP contribution in [0.25, 0.3) is 11.0 Å². The van der Waals surface area contributed by atoms with Gasteiger partial charge in [-0.15, -0.1) is 0 Å². The third kappa shape index (κ3) is 10.4. The first-order valence-corrected chi connectivity index (χ1v) is 12.4. The fourth-order valence-electron chi connectivity index (χ4n) is 4.37. The molecule has 1 aromatic heterocycles. The van der Waals surface area contributed by atoms with E-state index in [1.54, 1.807) is 13.0 Å². The van der Waals surface area contributed by atoms with E-state index in [1.807, 2.05) is 0 Å². The molecule has 2 aromatic rings. The highest BCUT2D eigenvalue weighted by atomic mass is 31.2. The Morgan fingerprint density at radius 2 is 1.42 bits per heavy atom. The van der Waals surface area contributed by atoms with Crippen LogP contribution in [0.15, 0.2) is 33.5 Å². The number of phosphoric acid groups is 1. The van der Waals surface area contributed by atoms with Crippen molar-refractivity contribution >= 4 is 18.8 Å². The van der Waals surface area contributed by atoms with Gasteiger partial charge in [0.1, 0.15) is 11.3 Å². The molecule has 2 aliphatic rings. The van der Waals surface area contributed by atoms with E-state index in [1.165, 1.54) is 82.4 Å². The number of phosphoric ester groups is 1. The molecular formula is C22H38NO9P. The quantitative estimate of drug-likeness (QED) is 0.429. The second-order valence-electron chi connectivity index (χ2n) is 8.32. The standard InChI is InChI=1S/C12H23N.C10H9O6P.3H2O/c1-3-7-11(8-4-1)13-12-9-5-2-6-10-12;1-6-4-10(11)15-9-5-7(2-3-8(6)9)16-17(12,13)14;;;/h11-13H,1-10H2;2-5H,1H3,(H2,12,13,14);3*1H2. The summed E-state index contributed by atoms with van der Waals surface area (Å²) in [6, 6.07) is 7.32. The topological polar surface area (TPSA) is 204 Å². The Hall–Kier alpha value is -1.78. The minimum absolute atomic E-state index is 0. The summed E-state index contributed by atoms with van der Waals surface area (Å²) >= 11 is 0. The normalized spacial score (nSPS) is 16.9. The Balaban J connectivity index is 0.000000584. The summed E-state index contributed by atoms with van der Waals surface area (Å²) in [5.41, 5.74) is 0.420. The molecule has 10 nitrogen and oxygen atoms in total. The van der Waals surface area contributed by atoms with Gasteiger partial charge in [0, 0.05) is 29.6 Å². The van der Waals surface area contributed by atoms with Crippen LogP contribution in [0.2, 0.25) is 0 Å². The lowest BCUT2D eigenvalue weighted by molar-refractivity contribution is 0.283. The average molecular weight is 492 g/mol. The zero-order valence-corrected chi connectivity index (χ0v) is 19.9. The van der Waals surface area contributed by atoms with Crippen LogP contribution in [0.5, 0.6) is 5.75 Å². The molecule has 2 aliphatic carbocycles. The first-order chi connectivity index (χ1) is 14.3. The highest BCUT2D eigenvalue weighted by Gasteiger charge is 2.19. The van der Waals surface area contributed by atoms with Crippen molar-refractivity contribution in [1.82, 2.24) is 5.32 Å². The van der Waals surface area contributed by atoms with E-state index in [4.69, 9.17) is 14.2 Å². The lowest BCUT2D eigenvalue weighted by atomic mass is 9.91. The number of rotatable bonds is 4. The molecule has 4 rings (SSSR count). The third-order valence-corrected chi connectivity index (χ3v) is 6.28. The van der Waals surface area contributed by atoms with E-state index in [0.717, 1.165) is 17.6 Å². The second-order valence-corrected chi connectivity index (χ2v) is 9.49. The molecule has 0 bridgehead atoms. The van der Waals surface area contributed by atoms with Gasteiger partial charge < -0.3 is 30.7 Å². The van der Waals surface area contributed by atoms with E-state index in [-0.39, 0.29) is 27.8 Å². The van der Waals surface area contributed by atoms with Gasteiger partial charge in [0.2, 0.25) is 0 Å². The van der Waals surface area contributed by atoms with Crippen LogP contribution in [0.1, 0.15) is 69.8 Å². The number of fused-ring (bicyclic) bond motifs is 1. The van der Waals surface area contributed by atoms with Crippen LogP contribution < -0.4 is 15.5 Å². The average Bonchev–Trinajstić information content (AvgIpc) is 2.68. The number of hydrogen-bond donors (Lipinski definition) is 3. The summed E-state index contributed by atoms with van der Waals surface area (Å²) in [5, 5.41) is 4.54. The van der Waals surface area contributed by atoms with Crippen molar-refractivity contribution in [2.45, 2.75) is 83.2 Å². The predicted octanol–water partition coefficient (Wildman–Crippen LogP) is 2.34. The van der Waals surface area contributed by atoms with Crippen LogP contribution in [0, 0.1) is 6.92 Å². The Morgan fingerprint density at radius 3 is 1.91 bits per heavy atom. The molecule has 1 heterocycles. The zero-order valence-electron chi connectivity index (χ0n) is 19.0. The molecule has 1 aromatic carbocycles. The first-order valence-electron chi connectivity index (χ1n) is 10.9. The fourth-order valence-corrected chi connectivity index (χ4v) is 4.76. The monoisotopic (exact) mass is 491 g/mol. The molecule has 0 amide bonds. The van der Waals surface area contributed by atoms with E-state index in [2.05, 4.69) is 9.84 Å². The molecule has 33 heavy (non-hydrogen) atoms. The van der Waals surface area contributed by atoms with Crippen LogP contribution in [0.4, 0.5) is 0 Å². The molecule has 0 spiro atoms. The molecule has 11 heteroatoms.